The molecule has 6 nitrogen and oxygen atoms in total. The van der Waals surface area contributed by atoms with Crippen LogP contribution in [0.4, 0.5) is 10.5 Å². The number of hydrogen-bond donors (Lipinski definition) is 3. The lowest BCUT2D eigenvalue weighted by Gasteiger charge is -2.33. The number of anilines is 1. The molecule has 3 rings (SSSR count). The van der Waals surface area contributed by atoms with E-state index in [0.717, 1.165) is 58.2 Å². The van der Waals surface area contributed by atoms with E-state index in [9.17, 15) is 4.79 Å². The van der Waals surface area contributed by atoms with Crippen molar-refractivity contribution in [2.24, 2.45) is 0 Å². The van der Waals surface area contributed by atoms with Crippen LogP contribution in [0.15, 0.2) is 24.3 Å². The summed E-state index contributed by atoms with van der Waals surface area (Å²) in [4.78, 5) is 17.8. The summed E-state index contributed by atoms with van der Waals surface area (Å²) in [5, 5.41) is 3.05. The molecule has 0 radical (unpaired) electrons. The SMILES string of the molecule is CC(C)(C)c1ccc(NC(=O)N2CC[NH+](CC[NH+]3CCOCC3)CC2)cc1. The number of piperazine rings is 1. The molecular weight excluding hydrogens is 340 g/mol. The molecule has 1 aromatic carbocycles. The van der Waals surface area contributed by atoms with E-state index in [1.54, 1.807) is 9.80 Å². The normalized spacial score (nSPS) is 19.9. The van der Waals surface area contributed by atoms with Crippen molar-refractivity contribution in [2.45, 2.75) is 26.2 Å². The lowest BCUT2D eigenvalue weighted by atomic mass is 9.87. The Morgan fingerprint density at radius 3 is 2.11 bits per heavy atom. The maximum atomic E-state index is 12.5. The first kappa shape index (κ1) is 20.1. The van der Waals surface area contributed by atoms with Gasteiger partial charge >= 0.3 is 6.03 Å². The van der Waals surface area contributed by atoms with Crippen LogP contribution in [0.3, 0.4) is 0 Å². The monoisotopic (exact) mass is 376 g/mol. The zero-order valence-electron chi connectivity index (χ0n) is 17.1. The van der Waals surface area contributed by atoms with Crippen molar-refractivity contribution >= 4 is 11.7 Å². The highest BCUT2D eigenvalue weighted by atomic mass is 16.5. The molecule has 1 aromatic rings. The van der Waals surface area contributed by atoms with Gasteiger partial charge in [-0.3, -0.25) is 0 Å². The Balaban J connectivity index is 1.40. The highest BCUT2D eigenvalue weighted by molar-refractivity contribution is 5.89. The van der Waals surface area contributed by atoms with Crippen molar-refractivity contribution in [3.63, 3.8) is 0 Å². The van der Waals surface area contributed by atoms with E-state index >= 15 is 0 Å². The molecule has 0 atom stereocenters. The Morgan fingerprint density at radius 1 is 1.00 bits per heavy atom. The lowest BCUT2D eigenvalue weighted by molar-refractivity contribution is -0.962. The number of carbonyl (C=O) groups excluding carboxylic acids is 1. The van der Waals surface area contributed by atoms with Crippen molar-refractivity contribution in [3.8, 4) is 0 Å². The fourth-order valence-corrected chi connectivity index (χ4v) is 3.80. The van der Waals surface area contributed by atoms with E-state index in [1.165, 1.54) is 18.7 Å². The van der Waals surface area contributed by atoms with Gasteiger partial charge in [-0.05, 0) is 23.1 Å². The fraction of sp³-hybridized carbons (Fsp3) is 0.667. The second-order valence-corrected chi connectivity index (χ2v) is 8.86. The Bertz CT molecular complexity index is 598. The lowest BCUT2D eigenvalue weighted by Crippen LogP contribution is -3.22. The van der Waals surface area contributed by atoms with Crippen LogP contribution in [0.2, 0.25) is 0 Å². The Hall–Kier alpha value is -1.63. The molecule has 6 heteroatoms. The Kier molecular flexibility index (Phi) is 6.73. The van der Waals surface area contributed by atoms with Crippen molar-refractivity contribution < 1.29 is 19.3 Å². The third-order valence-electron chi connectivity index (χ3n) is 5.79. The second kappa shape index (κ2) is 9.04. The molecule has 0 spiro atoms. The number of benzene rings is 1. The fourth-order valence-electron chi connectivity index (χ4n) is 3.80. The molecule has 2 saturated heterocycles. The predicted molar refractivity (Wildman–Crippen MR) is 108 cm³/mol. The Morgan fingerprint density at radius 2 is 1.56 bits per heavy atom. The number of amides is 2. The summed E-state index contributed by atoms with van der Waals surface area (Å²) in [6.45, 7) is 16.8. The number of nitrogens with one attached hydrogen (secondary N) is 3. The van der Waals surface area contributed by atoms with Gasteiger partial charge in [0.1, 0.15) is 26.2 Å². The number of hydrogen-bond acceptors (Lipinski definition) is 2. The molecule has 0 saturated carbocycles. The van der Waals surface area contributed by atoms with Crippen molar-refractivity contribution in [1.82, 2.24) is 4.90 Å². The van der Waals surface area contributed by atoms with Gasteiger partial charge in [-0.1, -0.05) is 32.9 Å². The number of carbonyl (C=O) groups is 1. The van der Waals surface area contributed by atoms with Crippen LogP contribution in [0.1, 0.15) is 26.3 Å². The largest absolute Gasteiger partial charge is 0.370 e. The van der Waals surface area contributed by atoms with Crippen LogP contribution in [0.5, 0.6) is 0 Å². The summed E-state index contributed by atoms with van der Waals surface area (Å²) in [7, 11) is 0. The topological polar surface area (TPSA) is 50.5 Å². The highest BCUT2D eigenvalue weighted by Gasteiger charge is 2.25. The average Bonchev–Trinajstić information content (AvgIpc) is 2.67. The number of quaternary nitrogens is 2. The van der Waals surface area contributed by atoms with Crippen LogP contribution >= 0.6 is 0 Å². The van der Waals surface area contributed by atoms with Gasteiger partial charge in [0.25, 0.3) is 0 Å². The smallest absolute Gasteiger partial charge is 0.322 e. The molecule has 0 aliphatic carbocycles. The molecule has 0 aromatic heterocycles. The van der Waals surface area contributed by atoms with E-state index in [0.29, 0.717) is 0 Å². The number of ether oxygens (including phenoxy) is 1. The van der Waals surface area contributed by atoms with Gasteiger partial charge < -0.3 is 24.8 Å². The second-order valence-electron chi connectivity index (χ2n) is 8.86. The molecule has 3 N–H and O–H groups in total. The van der Waals surface area contributed by atoms with Crippen molar-refractivity contribution in [3.05, 3.63) is 29.8 Å². The minimum absolute atomic E-state index is 0.0244. The molecule has 2 amide bonds. The first-order valence-electron chi connectivity index (χ1n) is 10.3. The van der Waals surface area contributed by atoms with Crippen molar-refractivity contribution in [2.75, 3.05) is 70.9 Å². The van der Waals surface area contributed by atoms with E-state index in [4.69, 9.17) is 4.74 Å². The summed E-state index contributed by atoms with van der Waals surface area (Å²) in [5.41, 5.74) is 2.28. The predicted octanol–water partition coefficient (Wildman–Crippen LogP) is -0.368. The van der Waals surface area contributed by atoms with Gasteiger partial charge in [-0.2, -0.15) is 0 Å². The van der Waals surface area contributed by atoms with Crippen LogP contribution in [-0.2, 0) is 10.2 Å². The minimum atomic E-state index is 0.0244. The van der Waals surface area contributed by atoms with Crippen LogP contribution in [0, 0.1) is 0 Å². The summed E-state index contributed by atoms with van der Waals surface area (Å²) >= 11 is 0. The van der Waals surface area contributed by atoms with E-state index in [2.05, 4.69) is 38.2 Å². The molecule has 2 fully saturated rings. The molecule has 150 valence electrons. The van der Waals surface area contributed by atoms with E-state index in [-0.39, 0.29) is 11.4 Å². The van der Waals surface area contributed by atoms with Gasteiger partial charge in [0.15, 0.2) is 0 Å². The molecule has 2 aliphatic rings. The van der Waals surface area contributed by atoms with Crippen LogP contribution in [-0.4, -0.2) is 76.5 Å². The van der Waals surface area contributed by atoms with E-state index in [1.807, 2.05) is 17.0 Å². The standard InChI is InChI=1S/C21H34N4O2/c1-21(2,3)18-4-6-19(7-5-18)22-20(26)25-12-10-23(11-13-25)8-9-24-14-16-27-17-15-24/h4-7H,8-17H2,1-3H3,(H,22,26)/p+2. The maximum Gasteiger partial charge on any atom is 0.322 e. The zero-order chi connectivity index (χ0) is 19.3. The first-order valence-corrected chi connectivity index (χ1v) is 10.3. The quantitative estimate of drug-likeness (QED) is 0.672. The summed E-state index contributed by atoms with van der Waals surface area (Å²) in [6, 6.07) is 8.24. The molecular formula is C21H36N4O2+2. The van der Waals surface area contributed by atoms with Gasteiger partial charge in [-0.15, -0.1) is 0 Å². The number of rotatable bonds is 4. The van der Waals surface area contributed by atoms with Crippen LogP contribution < -0.4 is 15.1 Å². The van der Waals surface area contributed by atoms with Crippen LogP contribution in [0.25, 0.3) is 0 Å². The highest BCUT2D eigenvalue weighted by Crippen LogP contribution is 2.23. The number of urea groups is 1. The van der Waals surface area contributed by atoms with Gasteiger partial charge in [0.05, 0.1) is 39.4 Å². The molecule has 2 heterocycles. The maximum absolute atomic E-state index is 12.5. The first-order chi connectivity index (χ1) is 12.9. The third kappa shape index (κ3) is 5.92. The van der Waals surface area contributed by atoms with E-state index < -0.39 is 0 Å². The Labute approximate surface area is 163 Å². The minimum Gasteiger partial charge on any atom is -0.370 e. The van der Waals surface area contributed by atoms with Gasteiger partial charge in [0.2, 0.25) is 0 Å². The molecule has 0 unspecified atom stereocenters. The third-order valence-corrected chi connectivity index (χ3v) is 5.79. The average molecular weight is 377 g/mol. The molecule has 27 heavy (non-hydrogen) atoms. The molecule has 2 aliphatic heterocycles. The van der Waals surface area contributed by atoms with Crippen molar-refractivity contribution in [1.29, 1.82) is 0 Å². The van der Waals surface area contributed by atoms with Gasteiger partial charge in [-0.25, -0.2) is 4.79 Å². The zero-order valence-corrected chi connectivity index (χ0v) is 17.1. The number of nitrogens with zero attached hydrogens (tertiary/aromatic N) is 1. The molecule has 0 bridgehead atoms. The number of morpholine rings is 1. The summed E-state index contributed by atoms with van der Waals surface area (Å²) in [6.07, 6.45) is 0. The van der Waals surface area contributed by atoms with Gasteiger partial charge in [0, 0.05) is 5.69 Å². The summed E-state index contributed by atoms with van der Waals surface area (Å²) in [5.74, 6) is 0. The summed E-state index contributed by atoms with van der Waals surface area (Å²) < 4.78 is 5.42.